The molecule has 1 aromatic carbocycles. The lowest BCUT2D eigenvalue weighted by molar-refractivity contribution is -0.180. The zero-order valence-electron chi connectivity index (χ0n) is 11.8. The molecule has 0 saturated heterocycles. The molecule has 1 rings (SSSR count). The lowest BCUT2D eigenvalue weighted by atomic mass is 9.94. The molecule has 0 amide bonds. The van der Waals surface area contributed by atoms with Gasteiger partial charge in [-0.15, -0.1) is 0 Å². The van der Waals surface area contributed by atoms with E-state index in [2.05, 4.69) is 4.74 Å². The maximum atomic E-state index is 12.6. The molecule has 9 heteroatoms. The first-order valence-corrected chi connectivity index (χ1v) is 6.40. The van der Waals surface area contributed by atoms with Gasteiger partial charge in [0, 0.05) is 0 Å². The molecule has 1 atom stereocenters. The SMILES string of the molecule is CCOC(=O)C(Cc1cccc(C(F)(F)F)c1)C(=O)C(F)(F)F. The van der Waals surface area contributed by atoms with Crippen LogP contribution in [0.1, 0.15) is 18.1 Å². The molecule has 0 N–H and O–H groups in total. The summed E-state index contributed by atoms with van der Waals surface area (Å²) in [6, 6.07) is 3.41. The van der Waals surface area contributed by atoms with Gasteiger partial charge in [0.05, 0.1) is 12.2 Å². The van der Waals surface area contributed by atoms with Crippen molar-refractivity contribution < 1.29 is 40.7 Å². The van der Waals surface area contributed by atoms with Crippen molar-refractivity contribution in [3.8, 4) is 0 Å². The summed E-state index contributed by atoms with van der Waals surface area (Å²) in [6.07, 6.45) is -10.8. The maximum absolute atomic E-state index is 12.6. The zero-order chi connectivity index (χ0) is 17.8. The number of hydrogen-bond donors (Lipinski definition) is 0. The van der Waals surface area contributed by atoms with Crippen LogP contribution >= 0.6 is 0 Å². The van der Waals surface area contributed by atoms with E-state index in [1.54, 1.807) is 0 Å². The minimum atomic E-state index is -5.29. The van der Waals surface area contributed by atoms with Gasteiger partial charge in [-0.3, -0.25) is 9.59 Å². The Hall–Kier alpha value is -2.06. The standard InChI is InChI=1S/C14H12F6O3/c1-2-23-12(22)10(11(21)14(18,19)20)7-8-4-3-5-9(6-8)13(15,16)17/h3-6,10H,2,7H2,1H3. The molecule has 23 heavy (non-hydrogen) atoms. The fraction of sp³-hybridized carbons (Fsp3) is 0.429. The molecule has 0 aliphatic carbocycles. The second kappa shape index (κ2) is 7.01. The predicted octanol–water partition coefficient (Wildman–Crippen LogP) is 3.56. The van der Waals surface area contributed by atoms with Crippen LogP contribution in [0, 0.1) is 5.92 Å². The highest BCUT2D eigenvalue weighted by molar-refractivity contribution is 6.02. The molecule has 0 bridgehead atoms. The molecule has 0 radical (unpaired) electrons. The highest BCUT2D eigenvalue weighted by Gasteiger charge is 2.47. The predicted molar refractivity (Wildman–Crippen MR) is 66.3 cm³/mol. The van der Waals surface area contributed by atoms with E-state index in [9.17, 15) is 35.9 Å². The maximum Gasteiger partial charge on any atom is 0.450 e. The third kappa shape index (κ3) is 5.26. The van der Waals surface area contributed by atoms with Gasteiger partial charge in [-0.25, -0.2) is 0 Å². The Morgan fingerprint density at radius 2 is 1.74 bits per heavy atom. The Morgan fingerprint density at radius 1 is 1.13 bits per heavy atom. The van der Waals surface area contributed by atoms with Crippen LogP contribution in [0.3, 0.4) is 0 Å². The van der Waals surface area contributed by atoms with Crippen LogP contribution < -0.4 is 0 Å². The van der Waals surface area contributed by atoms with Crippen molar-refractivity contribution in [2.75, 3.05) is 6.61 Å². The molecule has 0 aliphatic rings. The van der Waals surface area contributed by atoms with Crippen LogP contribution in [0.2, 0.25) is 0 Å². The number of carbonyl (C=O) groups is 2. The number of benzene rings is 1. The summed E-state index contributed by atoms with van der Waals surface area (Å²) in [6.45, 7) is 1.07. The van der Waals surface area contributed by atoms with E-state index in [4.69, 9.17) is 0 Å². The second-order valence-electron chi connectivity index (χ2n) is 4.57. The van der Waals surface area contributed by atoms with Gasteiger partial charge in [-0.05, 0) is 25.0 Å². The van der Waals surface area contributed by atoms with Gasteiger partial charge in [0.2, 0.25) is 0 Å². The second-order valence-corrected chi connectivity index (χ2v) is 4.57. The Balaban J connectivity index is 3.11. The summed E-state index contributed by atoms with van der Waals surface area (Å²) in [5.41, 5.74) is -1.31. The fourth-order valence-electron chi connectivity index (χ4n) is 1.83. The molecule has 1 unspecified atom stereocenters. The van der Waals surface area contributed by atoms with Crippen molar-refractivity contribution >= 4 is 11.8 Å². The molecule has 3 nitrogen and oxygen atoms in total. The quantitative estimate of drug-likeness (QED) is 0.467. The first-order chi connectivity index (χ1) is 10.5. The Kier molecular flexibility index (Phi) is 5.79. The van der Waals surface area contributed by atoms with E-state index in [0.717, 1.165) is 18.2 Å². The van der Waals surface area contributed by atoms with Gasteiger partial charge in [0.25, 0.3) is 5.78 Å². The third-order valence-electron chi connectivity index (χ3n) is 2.86. The highest BCUT2D eigenvalue weighted by Crippen LogP contribution is 2.31. The Bertz CT molecular complexity index is 577. The van der Waals surface area contributed by atoms with Crippen molar-refractivity contribution in [3.63, 3.8) is 0 Å². The zero-order valence-corrected chi connectivity index (χ0v) is 11.8. The number of hydrogen-bond acceptors (Lipinski definition) is 3. The minimum Gasteiger partial charge on any atom is -0.465 e. The van der Waals surface area contributed by atoms with Gasteiger partial charge >= 0.3 is 18.3 Å². The highest BCUT2D eigenvalue weighted by atomic mass is 19.4. The normalized spacial score (nSPS) is 13.5. The van der Waals surface area contributed by atoms with E-state index < -0.39 is 42.0 Å². The minimum absolute atomic E-state index is 0.226. The lowest BCUT2D eigenvalue weighted by Crippen LogP contribution is -2.37. The summed E-state index contributed by atoms with van der Waals surface area (Å²) in [5, 5.41) is 0. The summed E-state index contributed by atoms with van der Waals surface area (Å²) < 4.78 is 79.8. The van der Waals surface area contributed by atoms with Crippen molar-refractivity contribution in [3.05, 3.63) is 35.4 Å². The van der Waals surface area contributed by atoms with Gasteiger partial charge in [0.1, 0.15) is 5.92 Å². The monoisotopic (exact) mass is 342 g/mol. The molecule has 128 valence electrons. The van der Waals surface area contributed by atoms with Crippen LogP contribution in [0.15, 0.2) is 24.3 Å². The largest absolute Gasteiger partial charge is 0.465 e. The van der Waals surface area contributed by atoms with Crippen molar-refractivity contribution in [2.24, 2.45) is 5.92 Å². The number of Topliss-reactive ketones (excluding diaryl/α,β-unsaturated/α-hetero) is 1. The van der Waals surface area contributed by atoms with Crippen LogP contribution in [-0.4, -0.2) is 24.5 Å². The number of esters is 1. The first-order valence-electron chi connectivity index (χ1n) is 6.40. The molecule has 0 saturated carbocycles. The first kappa shape index (κ1) is 19.0. The van der Waals surface area contributed by atoms with Gasteiger partial charge in [-0.2, -0.15) is 26.3 Å². The summed E-state index contributed by atoms with van der Waals surface area (Å²) in [4.78, 5) is 22.9. The number of ether oxygens (including phenoxy) is 1. The average Bonchev–Trinajstić information content (AvgIpc) is 2.42. The molecule has 0 fully saturated rings. The number of halogens is 6. The number of carbonyl (C=O) groups excluding carboxylic acids is 2. The Morgan fingerprint density at radius 3 is 2.22 bits per heavy atom. The van der Waals surface area contributed by atoms with E-state index in [0.29, 0.717) is 6.07 Å². The molecule has 0 spiro atoms. The van der Waals surface area contributed by atoms with Crippen LogP contribution in [0.25, 0.3) is 0 Å². The van der Waals surface area contributed by atoms with Crippen molar-refractivity contribution in [1.82, 2.24) is 0 Å². The van der Waals surface area contributed by atoms with E-state index in [-0.39, 0.29) is 12.2 Å². The smallest absolute Gasteiger partial charge is 0.450 e. The molecule has 0 heterocycles. The van der Waals surface area contributed by atoms with Gasteiger partial charge in [-0.1, -0.05) is 18.2 Å². The molecular weight excluding hydrogens is 330 g/mol. The topological polar surface area (TPSA) is 43.4 Å². The van der Waals surface area contributed by atoms with Crippen LogP contribution in [0.4, 0.5) is 26.3 Å². The fourth-order valence-corrected chi connectivity index (χ4v) is 1.83. The number of ketones is 1. The number of rotatable bonds is 5. The number of alkyl halides is 6. The summed E-state index contributed by atoms with van der Waals surface area (Å²) in [5.74, 6) is -6.01. The van der Waals surface area contributed by atoms with E-state index >= 15 is 0 Å². The summed E-state index contributed by atoms with van der Waals surface area (Å²) in [7, 11) is 0. The van der Waals surface area contributed by atoms with Gasteiger partial charge in [0.15, 0.2) is 0 Å². The summed E-state index contributed by atoms with van der Waals surface area (Å²) >= 11 is 0. The molecule has 0 aromatic heterocycles. The molecule has 0 aliphatic heterocycles. The van der Waals surface area contributed by atoms with Crippen molar-refractivity contribution in [2.45, 2.75) is 25.7 Å². The molecule has 1 aromatic rings. The van der Waals surface area contributed by atoms with Crippen LogP contribution in [-0.2, 0) is 26.9 Å². The third-order valence-corrected chi connectivity index (χ3v) is 2.86. The molecular formula is C14H12F6O3. The van der Waals surface area contributed by atoms with Gasteiger partial charge < -0.3 is 4.74 Å². The van der Waals surface area contributed by atoms with E-state index in [1.165, 1.54) is 6.92 Å². The Labute approximate surface area is 127 Å². The van der Waals surface area contributed by atoms with Crippen molar-refractivity contribution in [1.29, 1.82) is 0 Å². The van der Waals surface area contributed by atoms with Crippen LogP contribution in [0.5, 0.6) is 0 Å². The average molecular weight is 342 g/mol. The van der Waals surface area contributed by atoms with E-state index in [1.807, 2.05) is 0 Å². The lowest BCUT2D eigenvalue weighted by Gasteiger charge is -2.17.